The van der Waals surface area contributed by atoms with Gasteiger partial charge in [0.05, 0.1) is 11.9 Å². The Morgan fingerprint density at radius 1 is 1.41 bits per heavy atom. The average molecular weight is 401 g/mol. The van der Waals surface area contributed by atoms with Crippen molar-refractivity contribution in [2.24, 2.45) is 0 Å². The predicted octanol–water partition coefficient (Wildman–Crippen LogP) is 3.46. The van der Waals surface area contributed by atoms with Gasteiger partial charge in [-0.05, 0) is 56.7 Å². The molecule has 0 aliphatic rings. The summed E-state index contributed by atoms with van der Waals surface area (Å²) >= 11 is 5.69. The molecule has 1 aromatic carbocycles. The maximum absolute atomic E-state index is 8.93. The minimum absolute atomic E-state index is 0.415. The van der Waals surface area contributed by atoms with E-state index in [0.29, 0.717) is 11.4 Å². The van der Waals surface area contributed by atoms with Crippen molar-refractivity contribution in [1.82, 2.24) is 9.97 Å². The smallest absolute Gasteiger partial charge is 0.151 e. The van der Waals surface area contributed by atoms with Gasteiger partial charge in [0.15, 0.2) is 5.82 Å². The van der Waals surface area contributed by atoms with E-state index in [1.54, 1.807) is 0 Å². The first-order valence-corrected chi connectivity index (χ1v) is 6.50. The lowest BCUT2D eigenvalue weighted by Gasteiger charge is -2.08. The van der Waals surface area contributed by atoms with Crippen molar-refractivity contribution < 1.29 is 0 Å². The van der Waals surface area contributed by atoms with Crippen LogP contribution in [0.2, 0.25) is 0 Å². The molecular weight excluding hydrogens is 395 g/mol. The molecule has 0 bridgehead atoms. The quantitative estimate of drug-likeness (QED) is 0.784. The second-order valence-corrected chi connectivity index (χ2v) is 5.25. The van der Waals surface area contributed by atoms with E-state index < -0.39 is 0 Å². The van der Waals surface area contributed by atoms with Crippen LogP contribution < -0.4 is 5.32 Å². The van der Waals surface area contributed by atoms with E-state index in [-0.39, 0.29) is 0 Å². The molecule has 0 fully saturated rings. The molecule has 84 valence electrons. The summed E-state index contributed by atoms with van der Waals surface area (Å²) in [6.07, 6.45) is 2.89. The van der Waals surface area contributed by atoms with Crippen LogP contribution in [0.4, 0.5) is 11.5 Å². The lowest BCUT2D eigenvalue weighted by molar-refractivity contribution is 1.15. The standard InChI is InChI=1S/C11H6BrIN4/c12-9-3-8(13)1-2-10(9)17-11-7(4-14)5-15-6-16-11/h1-3,5-6H,(H,15,16,17). The Bertz CT molecular complexity index is 594. The van der Waals surface area contributed by atoms with Gasteiger partial charge in [-0.2, -0.15) is 5.26 Å². The van der Waals surface area contributed by atoms with Crippen molar-refractivity contribution in [3.8, 4) is 6.07 Å². The lowest BCUT2D eigenvalue weighted by Crippen LogP contribution is -1.98. The van der Waals surface area contributed by atoms with E-state index in [1.807, 2.05) is 24.3 Å². The molecule has 4 nitrogen and oxygen atoms in total. The highest BCUT2D eigenvalue weighted by Gasteiger charge is 2.06. The molecule has 0 atom stereocenters. The Kier molecular flexibility index (Phi) is 3.91. The van der Waals surface area contributed by atoms with Gasteiger partial charge in [-0.1, -0.05) is 0 Å². The summed E-state index contributed by atoms with van der Waals surface area (Å²) < 4.78 is 2.05. The maximum atomic E-state index is 8.93. The molecule has 1 heterocycles. The number of nitrogens with one attached hydrogen (secondary N) is 1. The Hall–Kier alpha value is -1.20. The normalized spacial score (nSPS) is 9.71. The Morgan fingerprint density at radius 3 is 2.94 bits per heavy atom. The third kappa shape index (κ3) is 2.92. The summed E-state index contributed by atoms with van der Waals surface area (Å²) in [5.41, 5.74) is 1.28. The van der Waals surface area contributed by atoms with E-state index in [0.717, 1.165) is 13.7 Å². The SMILES string of the molecule is N#Cc1cncnc1Nc1ccc(I)cc1Br. The fourth-order valence-corrected chi connectivity index (χ4v) is 2.63. The second kappa shape index (κ2) is 5.42. The molecule has 0 aliphatic carbocycles. The largest absolute Gasteiger partial charge is 0.338 e. The summed E-state index contributed by atoms with van der Waals surface area (Å²) in [6.45, 7) is 0. The number of hydrogen-bond acceptors (Lipinski definition) is 4. The molecule has 17 heavy (non-hydrogen) atoms. The van der Waals surface area contributed by atoms with E-state index in [1.165, 1.54) is 12.5 Å². The third-order valence-corrected chi connectivity index (χ3v) is 3.34. The first-order valence-electron chi connectivity index (χ1n) is 4.63. The van der Waals surface area contributed by atoms with Gasteiger partial charge in [0, 0.05) is 8.04 Å². The third-order valence-electron chi connectivity index (χ3n) is 2.02. The summed E-state index contributed by atoms with van der Waals surface area (Å²) in [7, 11) is 0. The number of nitriles is 1. The molecule has 0 aliphatic heterocycles. The van der Waals surface area contributed by atoms with Gasteiger partial charge >= 0.3 is 0 Å². The zero-order chi connectivity index (χ0) is 12.3. The lowest BCUT2D eigenvalue weighted by atomic mass is 10.3. The van der Waals surface area contributed by atoms with E-state index in [4.69, 9.17) is 5.26 Å². The van der Waals surface area contributed by atoms with Gasteiger partial charge in [-0.15, -0.1) is 0 Å². The number of anilines is 2. The number of benzene rings is 1. The van der Waals surface area contributed by atoms with Crippen molar-refractivity contribution in [2.45, 2.75) is 0 Å². The monoisotopic (exact) mass is 400 g/mol. The Morgan fingerprint density at radius 2 is 2.24 bits per heavy atom. The highest BCUT2D eigenvalue weighted by Crippen LogP contribution is 2.27. The number of nitrogens with zero attached hydrogens (tertiary/aromatic N) is 3. The van der Waals surface area contributed by atoms with E-state index in [9.17, 15) is 0 Å². The van der Waals surface area contributed by atoms with Crippen LogP contribution in [0.15, 0.2) is 35.2 Å². The number of halogens is 2. The van der Waals surface area contributed by atoms with Gasteiger partial charge in [-0.25, -0.2) is 9.97 Å². The highest BCUT2D eigenvalue weighted by molar-refractivity contribution is 14.1. The first kappa shape index (κ1) is 12.3. The highest BCUT2D eigenvalue weighted by atomic mass is 127. The molecule has 2 rings (SSSR count). The van der Waals surface area contributed by atoms with Crippen LogP contribution in [0.3, 0.4) is 0 Å². The predicted molar refractivity (Wildman–Crippen MR) is 76.9 cm³/mol. The minimum Gasteiger partial charge on any atom is -0.338 e. The molecule has 1 aromatic heterocycles. The van der Waals surface area contributed by atoms with Crippen molar-refractivity contribution in [3.63, 3.8) is 0 Å². The van der Waals surface area contributed by atoms with Crippen LogP contribution in [0, 0.1) is 14.9 Å². The van der Waals surface area contributed by atoms with Gasteiger partial charge in [0.1, 0.15) is 18.0 Å². The van der Waals surface area contributed by atoms with Gasteiger partial charge in [0.25, 0.3) is 0 Å². The molecule has 0 spiro atoms. The van der Waals surface area contributed by atoms with Crippen molar-refractivity contribution in [1.29, 1.82) is 5.26 Å². The van der Waals surface area contributed by atoms with Gasteiger partial charge in [0.2, 0.25) is 0 Å². The molecule has 0 saturated carbocycles. The Balaban J connectivity index is 2.35. The molecule has 1 N–H and O–H groups in total. The second-order valence-electron chi connectivity index (χ2n) is 3.15. The molecule has 6 heteroatoms. The van der Waals surface area contributed by atoms with Crippen molar-refractivity contribution in [3.05, 3.63) is 44.3 Å². The van der Waals surface area contributed by atoms with Crippen LogP contribution in [-0.2, 0) is 0 Å². The van der Waals surface area contributed by atoms with Gasteiger partial charge in [-0.3, -0.25) is 0 Å². The van der Waals surface area contributed by atoms with Crippen LogP contribution in [-0.4, -0.2) is 9.97 Å². The zero-order valence-corrected chi connectivity index (χ0v) is 12.2. The topological polar surface area (TPSA) is 61.6 Å². The van der Waals surface area contributed by atoms with E-state index in [2.05, 4.69) is 53.8 Å². The summed E-state index contributed by atoms with van der Waals surface area (Å²) in [6, 6.07) is 7.92. The number of rotatable bonds is 2. The van der Waals surface area contributed by atoms with E-state index >= 15 is 0 Å². The maximum Gasteiger partial charge on any atom is 0.151 e. The molecule has 2 aromatic rings. The summed E-state index contributed by atoms with van der Waals surface area (Å²) in [5.74, 6) is 0.504. The molecule has 0 radical (unpaired) electrons. The minimum atomic E-state index is 0.415. The molecule has 0 unspecified atom stereocenters. The molecule has 0 amide bonds. The zero-order valence-electron chi connectivity index (χ0n) is 8.48. The van der Waals surface area contributed by atoms with Crippen LogP contribution >= 0.6 is 38.5 Å². The Labute approximate surface area is 120 Å². The average Bonchev–Trinajstić information content (AvgIpc) is 2.33. The van der Waals surface area contributed by atoms with Crippen molar-refractivity contribution in [2.75, 3.05) is 5.32 Å². The first-order chi connectivity index (χ1) is 8.20. The number of hydrogen-bond donors (Lipinski definition) is 1. The fraction of sp³-hybridized carbons (Fsp3) is 0. The van der Waals surface area contributed by atoms with Gasteiger partial charge < -0.3 is 5.32 Å². The van der Waals surface area contributed by atoms with Crippen LogP contribution in [0.1, 0.15) is 5.56 Å². The molecule has 0 saturated heterocycles. The number of aromatic nitrogens is 2. The van der Waals surface area contributed by atoms with Crippen molar-refractivity contribution >= 4 is 50.0 Å². The van der Waals surface area contributed by atoms with Crippen LogP contribution in [0.25, 0.3) is 0 Å². The van der Waals surface area contributed by atoms with Crippen LogP contribution in [0.5, 0.6) is 0 Å². The molecular formula is C11H6BrIN4. The fourth-order valence-electron chi connectivity index (χ4n) is 1.23. The summed E-state index contributed by atoms with van der Waals surface area (Å²) in [4.78, 5) is 7.85. The summed E-state index contributed by atoms with van der Waals surface area (Å²) in [5, 5.41) is 12.0.